The molecule has 2 aromatic carbocycles. The van der Waals surface area contributed by atoms with E-state index in [4.69, 9.17) is 14.2 Å². The number of ether oxygens (including phenoxy) is 3. The van der Waals surface area contributed by atoms with Crippen LogP contribution in [0.2, 0.25) is 0 Å². The van der Waals surface area contributed by atoms with E-state index in [1.807, 2.05) is 6.92 Å². The fourth-order valence-electron chi connectivity index (χ4n) is 2.26. The van der Waals surface area contributed by atoms with E-state index < -0.39 is 23.4 Å². The molecule has 28 heavy (non-hydrogen) atoms. The number of carbonyl (C=O) groups excluding carboxylic acids is 2. The molecule has 148 valence electrons. The van der Waals surface area contributed by atoms with Crippen molar-refractivity contribution in [2.75, 3.05) is 25.1 Å². The minimum atomic E-state index is -0.720. The number of carbonyl (C=O) groups is 2. The number of anilines is 1. The molecule has 0 aliphatic heterocycles. The van der Waals surface area contributed by atoms with Crippen molar-refractivity contribution in [2.45, 2.75) is 13.8 Å². The Morgan fingerprint density at radius 1 is 1.07 bits per heavy atom. The molecule has 0 aromatic heterocycles. The van der Waals surface area contributed by atoms with Gasteiger partial charge in [-0.1, -0.05) is 12.1 Å². The number of nitrogens with zero attached hydrogens (tertiary/aromatic N) is 1. The van der Waals surface area contributed by atoms with Gasteiger partial charge in [0, 0.05) is 17.8 Å². The van der Waals surface area contributed by atoms with Gasteiger partial charge in [-0.3, -0.25) is 14.9 Å². The number of non-ortho nitro benzene ring substituents is 1. The molecule has 0 bridgehead atoms. The van der Waals surface area contributed by atoms with Gasteiger partial charge in [0.05, 0.1) is 11.5 Å². The molecule has 1 amide bonds. The van der Waals surface area contributed by atoms with E-state index in [0.29, 0.717) is 29.4 Å². The Morgan fingerprint density at radius 2 is 1.75 bits per heavy atom. The summed E-state index contributed by atoms with van der Waals surface area (Å²) >= 11 is 0. The molecule has 1 N–H and O–H groups in total. The molecular formula is C19H20N2O7. The summed E-state index contributed by atoms with van der Waals surface area (Å²) in [6.07, 6.45) is 0. The van der Waals surface area contributed by atoms with Gasteiger partial charge >= 0.3 is 5.97 Å². The third-order valence-electron chi connectivity index (χ3n) is 3.55. The Morgan fingerprint density at radius 3 is 2.36 bits per heavy atom. The average Bonchev–Trinajstić information content (AvgIpc) is 2.67. The SMILES string of the molecule is CCOc1ccccc1OCC(=O)OCC(=O)Nc1ccc([N+](=O)[O-])cc1C. The summed E-state index contributed by atoms with van der Waals surface area (Å²) < 4.78 is 15.6. The molecule has 0 saturated heterocycles. The number of nitrogens with one attached hydrogen (secondary N) is 1. The van der Waals surface area contributed by atoms with E-state index >= 15 is 0 Å². The van der Waals surface area contributed by atoms with Gasteiger partial charge in [-0.25, -0.2) is 4.79 Å². The zero-order valence-corrected chi connectivity index (χ0v) is 15.5. The van der Waals surface area contributed by atoms with Crippen LogP contribution in [0.15, 0.2) is 42.5 Å². The molecule has 0 aliphatic rings. The van der Waals surface area contributed by atoms with Crippen LogP contribution in [0, 0.1) is 17.0 Å². The Balaban J connectivity index is 1.81. The van der Waals surface area contributed by atoms with Crippen LogP contribution in [0.25, 0.3) is 0 Å². The van der Waals surface area contributed by atoms with Crippen LogP contribution >= 0.6 is 0 Å². The Labute approximate surface area is 161 Å². The van der Waals surface area contributed by atoms with Gasteiger partial charge in [0.25, 0.3) is 11.6 Å². The largest absolute Gasteiger partial charge is 0.490 e. The van der Waals surface area contributed by atoms with E-state index in [1.165, 1.54) is 18.2 Å². The maximum Gasteiger partial charge on any atom is 0.344 e. The van der Waals surface area contributed by atoms with Crippen LogP contribution in [0.3, 0.4) is 0 Å². The third-order valence-corrected chi connectivity index (χ3v) is 3.55. The maximum absolute atomic E-state index is 11.9. The summed E-state index contributed by atoms with van der Waals surface area (Å²) in [5.74, 6) is -0.390. The number of rotatable bonds is 9. The number of benzene rings is 2. The number of hydrogen-bond donors (Lipinski definition) is 1. The molecule has 0 spiro atoms. The summed E-state index contributed by atoms with van der Waals surface area (Å²) in [6.45, 7) is 3.02. The highest BCUT2D eigenvalue weighted by molar-refractivity contribution is 5.93. The van der Waals surface area contributed by atoms with Crippen molar-refractivity contribution in [1.82, 2.24) is 0 Å². The van der Waals surface area contributed by atoms with Crippen molar-refractivity contribution in [1.29, 1.82) is 0 Å². The fraction of sp³-hybridized carbons (Fsp3) is 0.263. The number of amides is 1. The highest BCUT2D eigenvalue weighted by Crippen LogP contribution is 2.26. The smallest absolute Gasteiger partial charge is 0.344 e. The number of esters is 1. The van der Waals surface area contributed by atoms with Crippen LogP contribution in [0.4, 0.5) is 11.4 Å². The number of aryl methyl sites for hydroxylation is 1. The van der Waals surface area contributed by atoms with Crippen molar-refractivity contribution in [3.8, 4) is 11.5 Å². The van der Waals surface area contributed by atoms with Gasteiger partial charge in [-0.2, -0.15) is 0 Å². The average molecular weight is 388 g/mol. The molecule has 9 heteroatoms. The number of nitro benzene ring substituents is 1. The monoisotopic (exact) mass is 388 g/mol. The van der Waals surface area contributed by atoms with Crippen LogP contribution in [-0.2, 0) is 14.3 Å². The molecule has 0 atom stereocenters. The Hall–Kier alpha value is -3.62. The summed E-state index contributed by atoms with van der Waals surface area (Å²) in [5, 5.41) is 13.3. The highest BCUT2D eigenvalue weighted by Gasteiger charge is 2.13. The lowest BCUT2D eigenvalue weighted by molar-refractivity contribution is -0.384. The minimum Gasteiger partial charge on any atom is -0.490 e. The second kappa shape index (κ2) is 9.91. The molecule has 0 heterocycles. The first-order valence-corrected chi connectivity index (χ1v) is 8.45. The lowest BCUT2D eigenvalue weighted by Crippen LogP contribution is -2.24. The summed E-state index contributed by atoms with van der Waals surface area (Å²) in [6, 6.07) is 10.9. The molecule has 0 aliphatic carbocycles. The molecule has 0 saturated carbocycles. The van der Waals surface area contributed by atoms with Crippen molar-refractivity contribution < 1.29 is 28.7 Å². The number of hydrogen-bond acceptors (Lipinski definition) is 7. The van der Waals surface area contributed by atoms with Crippen molar-refractivity contribution in [3.63, 3.8) is 0 Å². The predicted octanol–water partition coefficient (Wildman–Crippen LogP) is 2.86. The highest BCUT2D eigenvalue weighted by atomic mass is 16.6. The van der Waals surface area contributed by atoms with Gasteiger partial charge in [-0.15, -0.1) is 0 Å². The van der Waals surface area contributed by atoms with Crippen molar-refractivity contribution >= 4 is 23.3 Å². The molecule has 2 aromatic rings. The van der Waals surface area contributed by atoms with Crippen LogP contribution < -0.4 is 14.8 Å². The first-order valence-electron chi connectivity index (χ1n) is 8.45. The lowest BCUT2D eigenvalue weighted by Gasteiger charge is -2.11. The molecule has 0 radical (unpaired) electrons. The standard InChI is InChI=1S/C19H20N2O7/c1-3-26-16-6-4-5-7-17(16)27-12-19(23)28-11-18(22)20-15-9-8-14(21(24)25)10-13(15)2/h4-10H,3,11-12H2,1-2H3,(H,20,22). The van der Waals surface area contributed by atoms with E-state index in [-0.39, 0.29) is 12.3 Å². The second-order valence-electron chi connectivity index (χ2n) is 5.63. The van der Waals surface area contributed by atoms with Crippen LogP contribution in [-0.4, -0.2) is 36.6 Å². The zero-order valence-electron chi connectivity index (χ0n) is 15.5. The van der Waals surface area contributed by atoms with E-state index in [9.17, 15) is 19.7 Å². The van der Waals surface area contributed by atoms with Crippen LogP contribution in [0.5, 0.6) is 11.5 Å². The summed E-state index contributed by atoms with van der Waals surface area (Å²) in [7, 11) is 0. The molecule has 0 fully saturated rings. The van der Waals surface area contributed by atoms with E-state index in [0.717, 1.165) is 0 Å². The normalized spacial score (nSPS) is 10.1. The molecule has 0 unspecified atom stereocenters. The quantitative estimate of drug-likeness (QED) is 0.399. The first-order chi connectivity index (χ1) is 13.4. The van der Waals surface area contributed by atoms with E-state index in [1.54, 1.807) is 31.2 Å². The Kier molecular flexibility index (Phi) is 7.32. The molecule has 2 rings (SSSR count). The topological polar surface area (TPSA) is 117 Å². The van der Waals surface area contributed by atoms with Gasteiger partial charge < -0.3 is 19.5 Å². The Bertz CT molecular complexity index is 867. The van der Waals surface area contributed by atoms with E-state index in [2.05, 4.69) is 5.32 Å². The number of para-hydroxylation sites is 2. The first kappa shape index (κ1) is 20.7. The third kappa shape index (κ3) is 5.97. The fourth-order valence-corrected chi connectivity index (χ4v) is 2.26. The molecule has 9 nitrogen and oxygen atoms in total. The predicted molar refractivity (Wildman–Crippen MR) is 101 cm³/mol. The van der Waals surface area contributed by atoms with Gasteiger partial charge in [0.2, 0.25) is 0 Å². The van der Waals surface area contributed by atoms with Crippen LogP contribution in [0.1, 0.15) is 12.5 Å². The van der Waals surface area contributed by atoms with Crippen molar-refractivity contribution in [3.05, 3.63) is 58.1 Å². The minimum absolute atomic E-state index is 0.0774. The van der Waals surface area contributed by atoms with Gasteiger partial charge in [0.15, 0.2) is 24.7 Å². The summed E-state index contributed by atoms with van der Waals surface area (Å²) in [4.78, 5) is 33.9. The lowest BCUT2D eigenvalue weighted by atomic mass is 10.2. The molecular weight excluding hydrogens is 368 g/mol. The van der Waals surface area contributed by atoms with Gasteiger partial charge in [-0.05, 0) is 37.6 Å². The zero-order chi connectivity index (χ0) is 20.5. The summed E-state index contributed by atoms with van der Waals surface area (Å²) in [5.41, 5.74) is 0.838. The van der Waals surface area contributed by atoms with Gasteiger partial charge in [0.1, 0.15) is 0 Å². The second-order valence-corrected chi connectivity index (χ2v) is 5.63. The maximum atomic E-state index is 11.9. The number of nitro groups is 1. The van der Waals surface area contributed by atoms with Crippen molar-refractivity contribution in [2.24, 2.45) is 0 Å².